The largest absolute Gasteiger partial charge is 0.348 e. The third-order valence-corrected chi connectivity index (χ3v) is 6.42. The number of piperidine rings is 1. The van der Waals surface area contributed by atoms with E-state index >= 15 is 0 Å². The molecule has 0 radical (unpaired) electrons. The second kappa shape index (κ2) is 8.13. The molecule has 1 aliphatic heterocycles. The molecule has 4 aromatic rings. The summed E-state index contributed by atoms with van der Waals surface area (Å²) in [4.78, 5) is 16.2. The molecule has 30 heavy (non-hydrogen) atoms. The number of hydrogen-bond donors (Lipinski definition) is 1. The number of benzene rings is 2. The molecule has 5 nitrogen and oxygen atoms in total. The first-order chi connectivity index (χ1) is 14.8. The predicted octanol–water partition coefficient (Wildman–Crippen LogP) is 5.74. The van der Waals surface area contributed by atoms with Crippen LogP contribution in [-0.4, -0.2) is 28.0 Å². The number of anilines is 1. The SMILES string of the molecule is N#C/C(=C\c1sc(N2CCCCC2)nc1-c1ccccc1)c1nc2ccccc2[nH]1. The van der Waals surface area contributed by atoms with E-state index < -0.39 is 0 Å². The van der Waals surface area contributed by atoms with Crippen LogP contribution in [0.25, 0.3) is 33.9 Å². The molecular weight excluding hydrogens is 390 g/mol. The number of rotatable bonds is 4. The summed E-state index contributed by atoms with van der Waals surface area (Å²) >= 11 is 1.65. The minimum absolute atomic E-state index is 0.511. The first-order valence-electron chi connectivity index (χ1n) is 10.2. The van der Waals surface area contributed by atoms with Gasteiger partial charge in [0.25, 0.3) is 0 Å². The van der Waals surface area contributed by atoms with E-state index in [1.54, 1.807) is 11.3 Å². The molecule has 0 atom stereocenters. The highest BCUT2D eigenvalue weighted by Gasteiger charge is 2.19. The van der Waals surface area contributed by atoms with Crippen LogP contribution in [0.15, 0.2) is 54.6 Å². The third-order valence-electron chi connectivity index (χ3n) is 5.36. The highest BCUT2D eigenvalue weighted by Crippen LogP contribution is 2.36. The molecule has 2 aromatic heterocycles. The average Bonchev–Trinajstić information content (AvgIpc) is 3.43. The van der Waals surface area contributed by atoms with Crippen LogP contribution in [0.1, 0.15) is 30.0 Å². The van der Waals surface area contributed by atoms with E-state index in [-0.39, 0.29) is 0 Å². The molecule has 2 aromatic carbocycles. The average molecular weight is 412 g/mol. The molecule has 1 N–H and O–H groups in total. The molecule has 0 unspecified atom stereocenters. The van der Waals surface area contributed by atoms with Gasteiger partial charge in [-0.25, -0.2) is 9.97 Å². The van der Waals surface area contributed by atoms with Crippen molar-refractivity contribution in [2.75, 3.05) is 18.0 Å². The van der Waals surface area contributed by atoms with Gasteiger partial charge in [0.1, 0.15) is 11.9 Å². The van der Waals surface area contributed by atoms with Crippen molar-refractivity contribution in [2.24, 2.45) is 0 Å². The molecule has 5 rings (SSSR count). The van der Waals surface area contributed by atoms with Crippen molar-refractivity contribution in [1.82, 2.24) is 15.0 Å². The molecule has 3 heterocycles. The number of aromatic amines is 1. The zero-order valence-electron chi connectivity index (χ0n) is 16.5. The summed E-state index contributed by atoms with van der Waals surface area (Å²) in [6.07, 6.45) is 5.61. The first kappa shape index (κ1) is 18.6. The zero-order chi connectivity index (χ0) is 20.3. The lowest BCUT2D eigenvalue weighted by Crippen LogP contribution is -2.29. The Balaban J connectivity index is 1.60. The second-order valence-corrected chi connectivity index (χ2v) is 8.40. The van der Waals surface area contributed by atoms with Crippen molar-refractivity contribution < 1.29 is 0 Å². The fourth-order valence-corrected chi connectivity index (χ4v) is 4.89. The minimum Gasteiger partial charge on any atom is -0.348 e. The molecule has 0 saturated carbocycles. The number of nitrogens with zero attached hydrogens (tertiary/aromatic N) is 4. The minimum atomic E-state index is 0.511. The lowest BCUT2D eigenvalue weighted by molar-refractivity contribution is 0.577. The first-order valence-corrected chi connectivity index (χ1v) is 11.0. The number of nitriles is 1. The second-order valence-electron chi connectivity index (χ2n) is 7.40. The van der Waals surface area contributed by atoms with Crippen LogP contribution in [0.5, 0.6) is 0 Å². The summed E-state index contributed by atoms with van der Waals surface area (Å²) in [7, 11) is 0. The number of allylic oxidation sites excluding steroid dienone is 1. The van der Waals surface area contributed by atoms with Crippen LogP contribution in [0, 0.1) is 11.3 Å². The molecule has 6 heteroatoms. The molecule has 1 saturated heterocycles. The van der Waals surface area contributed by atoms with E-state index in [0.717, 1.165) is 45.4 Å². The quantitative estimate of drug-likeness (QED) is 0.435. The molecular formula is C24H21N5S. The van der Waals surface area contributed by atoms with Gasteiger partial charge in [-0.05, 0) is 37.5 Å². The number of thiazole rings is 1. The summed E-state index contributed by atoms with van der Waals surface area (Å²) in [6.45, 7) is 2.08. The number of para-hydroxylation sites is 2. The van der Waals surface area contributed by atoms with Gasteiger partial charge in [-0.1, -0.05) is 53.8 Å². The predicted molar refractivity (Wildman–Crippen MR) is 123 cm³/mol. The Bertz CT molecular complexity index is 1210. The fourth-order valence-electron chi connectivity index (χ4n) is 3.81. The van der Waals surface area contributed by atoms with Gasteiger partial charge in [-0.15, -0.1) is 0 Å². The third kappa shape index (κ3) is 3.60. The van der Waals surface area contributed by atoms with Gasteiger partial charge in [0.05, 0.1) is 27.2 Å². The maximum Gasteiger partial charge on any atom is 0.186 e. The molecule has 0 amide bonds. The van der Waals surface area contributed by atoms with Gasteiger partial charge >= 0.3 is 0 Å². The van der Waals surface area contributed by atoms with Crippen molar-refractivity contribution in [1.29, 1.82) is 5.26 Å². The van der Waals surface area contributed by atoms with E-state index in [4.69, 9.17) is 4.98 Å². The Labute approximate surface area is 179 Å². The van der Waals surface area contributed by atoms with Crippen molar-refractivity contribution in [3.8, 4) is 17.3 Å². The number of hydrogen-bond acceptors (Lipinski definition) is 5. The van der Waals surface area contributed by atoms with Gasteiger partial charge in [-0.2, -0.15) is 5.26 Å². The number of aromatic nitrogens is 3. The monoisotopic (exact) mass is 411 g/mol. The number of nitrogens with one attached hydrogen (secondary N) is 1. The Morgan fingerprint density at radius 3 is 2.53 bits per heavy atom. The standard InChI is InChI=1S/C24H21N5S/c25-16-18(23-26-19-11-5-6-12-20(19)27-23)15-21-22(17-9-3-1-4-10-17)28-24(30-21)29-13-7-2-8-14-29/h1,3-6,9-12,15H,2,7-8,13-14H2,(H,26,27)/b18-15+. The Morgan fingerprint density at radius 2 is 1.77 bits per heavy atom. The van der Waals surface area contributed by atoms with Crippen LogP contribution in [0.2, 0.25) is 0 Å². The normalized spacial score (nSPS) is 14.8. The molecule has 148 valence electrons. The van der Waals surface area contributed by atoms with Gasteiger partial charge in [0, 0.05) is 18.7 Å². The van der Waals surface area contributed by atoms with E-state index in [1.165, 1.54) is 19.3 Å². The summed E-state index contributed by atoms with van der Waals surface area (Å²) < 4.78 is 0. The van der Waals surface area contributed by atoms with Crippen molar-refractivity contribution in [2.45, 2.75) is 19.3 Å². The summed E-state index contributed by atoms with van der Waals surface area (Å²) in [5.41, 5.74) is 4.28. The van der Waals surface area contributed by atoms with Crippen LogP contribution in [-0.2, 0) is 0 Å². The van der Waals surface area contributed by atoms with E-state index in [2.05, 4.69) is 33.1 Å². The van der Waals surface area contributed by atoms with Gasteiger partial charge < -0.3 is 9.88 Å². The lowest BCUT2D eigenvalue weighted by Gasteiger charge is -2.25. The molecule has 1 fully saturated rings. The summed E-state index contributed by atoms with van der Waals surface area (Å²) in [6, 6.07) is 20.3. The number of H-pyrrole nitrogens is 1. The van der Waals surface area contributed by atoms with Gasteiger partial charge in [-0.3, -0.25) is 0 Å². The van der Waals surface area contributed by atoms with Crippen LogP contribution in [0.4, 0.5) is 5.13 Å². The fraction of sp³-hybridized carbons (Fsp3) is 0.208. The zero-order valence-corrected chi connectivity index (χ0v) is 17.3. The maximum atomic E-state index is 9.88. The van der Waals surface area contributed by atoms with Crippen LogP contribution in [0.3, 0.4) is 0 Å². The Kier molecular flexibility index (Phi) is 5.04. The van der Waals surface area contributed by atoms with E-state index in [0.29, 0.717) is 11.4 Å². The van der Waals surface area contributed by atoms with Crippen LogP contribution >= 0.6 is 11.3 Å². The molecule has 0 aliphatic carbocycles. The number of imidazole rings is 1. The molecule has 1 aliphatic rings. The smallest absolute Gasteiger partial charge is 0.186 e. The van der Waals surface area contributed by atoms with Crippen molar-refractivity contribution in [3.05, 3.63) is 65.3 Å². The Hall–Kier alpha value is -3.43. The number of fused-ring (bicyclic) bond motifs is 1. The van der Waals surface area contributed by atoms with Crippen molar-refractivity contribution >= 4 is 39.2 Å². The summed E-state index contributed by atoms with van der Waals surface area (Å²) in [5, 5.41) is 10.9. The van der Waals surface area contributed by atoms with E-state index in [1.807, 2.05) is 48.5 Å². The van der Waals surface area contributed by atoms with Gasteiger partial charge in [0.15, 0.2) is 5.13 Å². The van der Waals surface area contributed by atoms with Crippen LogP contribution < -0.4 is 4.90 Å². The molecule has 0 bridgehead atoms. The van der Waals surface area contributed by atoms with E-state index in [9.17, 15) is 5.26 Å². The topological polar surface area (TPSA) is 68.6 Å². The lowest BCUT2D eigenvalue weighted by atomic mass is 10.1. The highest BCUT2D eigenvalue weighted by molar-refractivity contribution is 7.17. The van der Waals surface area contributed by atoms with Gasteiger partial charge in [0.2, 0.25) is 0 Å². The Morgan fingerprint density at radius 1 is 1.00 bits per heavy atom. The van der Waals surface area contributed by atoms with Crippen molar-refractivity contribution in [3.63, 3.8) is 0 Å². The molecule has 0 spiro atoms. The summed E-state index contributed by atoms with van der Waals surface area (Å²) in [5.74, 6) is 0.589. The maximum absolute atomic E-state index is 9.88. The highest BCUT2D eigenvalue weighted by atomic mass is 32.1.